The van der Waals surface area contributed by atoms with Crippen LogP contribution in [-0.2, 0) is 19.6 Å². The number of nitrogens with zero attached hydrogens (tertiary/aromatic N) is 1. The van der Waals surface area contributed by atoms with Gasteiger partial charge in [0.1, 0.15) is 6.10 Å². The molecule has 1 aromatic rings. The van der Waals surface area contributed by atoms with Crippen molar-refractivity contribution in [3.63, 3.8) is 0 Å². The number of sulfonamides is 1. The zero-order chi connectivity index (χ0) is 15.5. The van der Waals surface area contributed by atoms with Gasteiger partial charge in [0, 0.05) is 32.9 Å². The molecule has 1 fully saturated rings. The molecule has 0 aromatic heterocycles. The Labute approximate surface area is 124 Å². The fourth-order valence-corrected chi connectivity index (χ4v) is 2.85. The molecule has 1 saturated heterocycles. The average molecular weight is 313 g/mol. The van der Waals surface area contributed by atoms with Crippen LogP contribution in [-0.4, -0.2) is 58.5 Å². The first-order chi connectivity index (χ1) is 9.91. The number of carbonyl (C=O) groups is 1. The van der Waals surface area contributed by atoms with Gasteiger partial charge < -0.3 is 15.4 Å². The third-order valence-corrected chi connectivity index (χ3v) is 4.91. The largest absolute Gasteiger partial charge is 0.366 e. The van der Waals surface area contributed by atoms with Gasteiger partial charge in [-0.15, -0.1) is 0 Å². The molecule has 1 aliphatic rings. The highest BCUT2D eigenvalue weighted by Crippen LogP contribution is 2.18. The summed E-state index contributed by atoms with van der Waals surface area (Å²) in [5.41, 5.74) is 0.428. The third-order valence-electron chi connectivity index (χ3n) is 3.10. The van der Waals surface area contributed by atoms with Crippen molar-refractivity contribution >= 4 is 21.6 Å². The van der Waals surface area contributed by atoms with Crippen molar-refractivity contribution in [2.24, 2.45) is 0 Å². The molecule has 8 heteroatoms. The van der Waals surface area contributed by atoms with Crippen molar-refractivity contribution in [1.29, 1.82) is 0 Å². The summed E-state index contributed by atoms with van der Waals surface area (Å²) >= 11 is 0. The first-order valence-electron chi connectivity index (χ1n) is 6.57. The van der Waals surface area contributed by atoms with Crippen molar-refractivity contribution in [3.8, 4) is 0 Å². The number of hydrogen-bond donors (Lipinski definition) is 2. The van der Waals surface area contributed by atoms with Gasteiger partial charge in [-0.05, 0) is 18.2 Å². The van der Waals surface area contributed by atoms with E-state index < -0.39 is 16.1 Å². The van der Waals surface area contributed by atoms with E-state index in [2.05, 4.69) is 10.6 Å². The lowest BCUT2D eigenvalue weighted by molar-refractivity contribution is -0.128. The number of nitrogens with one attached hydrogen (secondary N) is 2. The number of benzene rings is 1. The van der Waals surface area contributed by atoms with Crippen molar-refractivity contribution < 1.29 is 17.9 Å². The fraction of sp³-hybridized carbons (Fsp3) is 0.462. The van der Waals surface area contributed by atoms with E-state index in [4.69, 9.17) is 4.74 Å². The summed E-state index contributed by atoms with van der Waals surface area (Å²) in [6.07, 6.45) is -0.562. The molecule has 1 aromatic carbocycles. The molecular formula is C13H19N3O4S. The van der Waals surface area contributed by atoms with Crippen LogP contribution in [0, 0.1) is 0 Å². The maximum absolute atomic E-state index is 12.1. The number of rotatable bonds is 4. The molecule has 1 aliphatic heterocycles. The Morgan fingerprint density at radius 2 is 2.19 bits per heavy atom. The Kier molecular flexibility index (Phi) is 4.94. The van der Waals surface area contributed by atoms with Gasteiger partial charge in [0.2, 0.25) is 10.0 Å². The van der Waals surface area contributed by atoms with Crippen LogP contribution in [0.25, 0.3) is 0 Å². The highest BCUT2D eigenvalue weighted by molar-refractivity contribution is 7.89. The molecule has 1 amide bonds. The summed E-state index contributed by atoms with van der Waals surface area (Å²) in [6.45, 7) is 1.65. The van der Waals surface area contributed by atoms with Crippen molar-refractivity contribution in [1.82, 2.24) is 9.62 Å². The van der Waals surface area contributed by atoms with Crippen LogP contribution in [0.4, 0.5) is 5.69 Å². The highest BCUT2D eigenvalue weighted by Gasteiger charge is 2.22. The quantitative estimate of drug-likeness (QED) is 0.808. The summed E-state index contributed by atoms with van der Waals surface area (Å²) in [7, 11) is -0.601. The molecular weight excluding hydrogens is 294 g/mol. The second kappa shape index (κ2) is 6.52. The van der Waals surface area contributed by atoms with Gasteiger partial charge in [0.25, 0.3) is 5.91 Å². The molecule has 1 heterocycles. The van der Waals surface area contributed by atoms with Crippen LogP contribution in [0.3, 0.4) is 0 Å². The topological polar surface area (TPSA) is 87.7 Å². The number of carbonyl (C=O) groups excluding carboxylic acids is 1. The predicted molar refractivity (Wildman–Crippen MR) is 78.6 cm³/mol. The van der Waals surface area contributed by atoms with Gasteiger partial charge in [-0.25, -0.2) is 12.7 Å². The number of morpholine rings is 1. The van der Waals surface area contributed by atoms with Crippen LogP contribution in [0.2, 0.25) is 0 Å². The second-order valence-electron chi connectivity index (χ2n) is 4.87. The highest BCUT2D eigenvalue weighted by atomic mass is 32.2. The molecule has 0 radical (unpaired) electrons. The van der Waals surface area contributed by atoms with Crippen LogP contribution in [0.1, 0.15) is 0 Å². The number of anilines is 1. The molecule has 0 bridgehead atoms. The van der Waals surface area contributed by atoms with Gasteiger partial charge in [0.15, 0.2) is 0 Å². The monoisotopic (exact) mass is 313 g/mol. The van der Waals surface area contributed by atoms with Crippen LogP contribution < -0.4 is 10.6 Å². The molecule has 21 heavy (non-hydrogen) atoms. The second-order valence-corrected chi connectivity index (χ2v) is 7.02. The van der Waals surface area contributed by atoms with Crippen LogP contribution >= 0.6 is 0 Å². The average Bonchev–Trinajstić information content (AvgIpc) is 2.48. The SMILES string of the molecule is CN(C)S(=O)(=O)c1cccc(NC(=O)C2CNCCO2)c1. The summed E-state index contributed by atoms with van der Waals surface area (Å²) in [4.78, 5) is 12.2. The molecule has 0 aliphatic carbocycles. The van der Waals surface area contributed by atoms with Gasteiger partial charge in [-0.1, -0.05) is 6.07 Å². The first kappa shape index (κ1) is 15.9. The van der Waals surface area contributed by atoms with E-state index in [1.54, 1.807) is 12.1 Å². The minimum Gasteiger partial charge on any atom is -0.366 e. The van der Waals surface area contributed by atoms with Gasteiger partial charge in [-0.3, -0.25) is 4.79 Å². The standard InChI is InChI=1S/C13H19N3O4S/c1-16(2)21(18,19)11-5-3-4-10(8-11)15-13(17)12-9-14-6-7-20-12/h3-5,8,12,14H,6-7,9H2,1-2H3,(H,15,17). The lowest BCUT2D eigenvalue weighted by Gasteiger charge is -2.22. The zero-order valence-corrected chi connectivity index (χ0v) is 12.8. The Morgan fingerprint density at radius 3 is 2.81 bits per heavy atom. The lowest BCUT2D eigenvalue weighted by Crippen LogP contribution is -2.45. The fourth-order valence-electron chi connectivity index (χ4n) is 1.90. The summed E-state index contributed by atoms with van der Waals surface area (Å²) in [6, 6.07) is 6.15. The normalized spacial score (nSPS) is 19.5. The molecule has 116 valence electrons. The number of amides is 1. The van der Waals surface area contributed by atoms with Gasteiger partial charge >= 0.3 is 0 Å². The van der Waals surface area contributed by atoms with E-state index in [1.165, 1.54) is 26.2 Å². The van der Waals surface area contributed by atoms with E-state index >= 15 is 0 Å². The summed E-state index contributed by atoms with van der Waals surface area (Å²) in [5.74, 6) is -0.290. The zero-order valence-electron chi connectivity index (χ0n) is 12.0. The van der Waals surface area contributed by atoms with Gasteiger partial charge in [0.05, 0.1) is 11.5 Å². The van der Waals surface area contributed by atoms with E-state index in [1.807, 2.05) is 0 Å². The maximum atomic E-state index is 12.1. The van der Waals surface area contributed by atoms with Crippen molar-refractivity contribution in [2.75, 3.05) is 39.1 Å². The van der Waals surface area contributed by atoms with Crippen molar-refractivity contribution in [2.45, 2.75) is 11.0 Å². The van der Waals surface area contributed by atoms with E-state index in [9.17, 15) is 13.2 Å². The number of hydrogen-bond acceptors (Lipinski definition) is 5. The minimum atomic E-state index is -3.52. The van der Waals surface area contributed by atoms with Gasteiger partial charge in [-0.2, -0.15) is 0 Å². The molecule has 2 rings (SSSR count). The molecule has 1 unspecified atom stereocenters. The summed E-state index contributed by atoms with van der Waals surface area (Å²) < 4.78 is 30.6. The van der Waals surface area contributed by atoms with Crippen LogP contribution in [0.5, 0.6) is 0 Å². The predicted octanol–water partition coefficient (Wildman–Crippen LogP) is -0.136. The van der Waals surface area contributed by atoms with Crippen molar-refractivity contribution in [3.05, 3.63) is 24.3 Å². The Morgan fingerprint density at radius 1 is 1.43 bits per heavy atom. The van der Waals surface area contributed by atoms with E-state index in [0.717, 1.165) is 10.8 Å². The Hall–Kier alpha value is -1.48. The first-order valence-corrected chi connectivity index (χ1v) is 8.01. The lowest BCUT2D eigenvalue weighted by atomic mass is 10.2. The minimum absolute atomic E-state index is 0.132. The number of ether oxygens (including phenoxy) is 1. The van der Waals surface area contributed by atoms with Crippen LogP contribution in [0.15, 0.2) is 29.2 Å². The summed E-state index contributed by atoms with van der Waals surface area (Å²) in [5, 5.41) is 5.74. The van der Waals surface area contributed by atoms with E-state index in [0.29, 0.717) is 18.8 Å². The maximum Gasteiger partial charge on any atom is 0.254 e. The third kappa shape index (κ3) is 3.79. The molecule has 1 atom stereocenters. The molecule has 2 N–H and O–H groups in total. The van der Waals surface area contributed by atoms with E-state index in [-0.39, 0.29) is 10.8 Å². The Bertz CT molecular complexity index is 610. The molecule has 7 nitrogen and oxygen atoms in total. The smallest absolute Gasteiger partial charge is 0.254 e. The molecule has 0 saturated carbocycles. The Balaban J connectivity index is 2.13. The molecule has 0 spiro atoms.